The van der Waals surface area contributed by atoms with Gasteiger partial charge in [0.15, 0.2) is 0 Å². The van der Waals surface area contributed by atoms with Crippen molar-refractivity contribution in [2.24, 2.45) is 5.41 Å². The van der Waals surface area contributed by atoms with Crippen molar-refractivity contribution in [3.8, 4) is 0 Å². The standard InChI is InChI=1S/C12H19NO3/c1-8(12(2)6-7-12)13-9(11(15)16-3)4-5-10(13)14/h8-9H,4-7H2,1-3H3. The van der Waals surface area contributed by atoms with Crippen LogP contribution in [0.1, 0.15) is 39.5 Å². The van der Waals surface area contributed by atoms with Crippen molar-refractivity contribution in [3.05, 3.63) is 0 Å². The van der Waals surface area contributed by atoms with E-state index in [-0.39, 0.29) is 29.4 Å². The Morgan fingerprint density at radius 1 is 1.56 bits per heavy atom. The number of amides is 1. The number of methoxy groups -OCH3 is 1. The van der Waals surface area contributed by atoms with Crippen LogP contribution in [0.3, 0.4) is 0 Å². The third kappa shape index (κ3) is 1.70. The van der Waals surface area contributed by atoms with E-state index in [1.54, 1.807) is 4.90 Å². The number of esters is 1. The van der Waals surface area contributed by atoms with Crippen molar-refractivity contribution in [1.82, 2.24) is 4.90 Å². The van der Waals surface area contributed by atoms with E-state index in [1.807, 2.05) is 6.92 Å². The van der Waals surface area contributed by atoms with Gasteiger partial charge in [0.25, 0.3) is 0 Å². The summed E-state index contributed by atoms with van der Waals surface area (Å²) in [4.78, 5) is 25.2. The second kappa shape index (κ2) is 3.75. The minimum atomic E-state index is -0.357. The highest BCUT2D eigenvalue weighted by molar-refractivity contribution is 5.88. The van der Waals surface area contributed by atoms with Gasteiger partial charge in [0, 0.05) is 12.5 Å². The highest BCUT2D eigenvalue weighted by Crippen LogP contribution is 2.51. The van der Waals surface area contributed by atoms with Crippen molar-refractivity contribution in [2.45, 2.75) is 51.6 Å². The van der Waals surface area contributed by atoms with E-state index in [4.69, 9.17) is 4.74 Å². The molecule has 4 heteroatoms. The van der Waals surface area contributed by atoms with Gasteiger partial charge in [0.1, 0.15) is 6.04 Å². The first kappa shape index (κ1) is 11.4. The second-order valence-corrected chi connectivity index (χ2v) is 5.21. The quantitative estimate of drug-likeness (QED) is 0.681. The van der Waals surface area contributed by atoms with E-state index < -0.39 is 0 Å². The first-order valence-corrected chi connectivity index (χ1v) is 5.88. The first-order valence-electron chi connectivity index (χ1n) is 5.88. The maximum absolute atomic E-state index is 11.8. The average molecular weight is 225 g/mol. The molecule has 0 aromatic carbocycles. The van der Waals surface area contributed by atoms with E-state index in [9.17, 15) is 9.59 Å². The molecule has 16 heavy (non-hydrogen) atoms. The fourth-order valence-corrected chi connectivity index (χ4v) is 2.51. The number of hydrogen-bond acceptors (Lipinski definition) is 3. The molecule has 2 unspecified atom stereocenters. The van der Waals surface area contributed by atoms with Crippen molar-refractivity contribution in [1.29, 1.82) is 0 Å². The molecule has 0 spiro atoms. The zero-order valence-electron chi connectivity index (χ0n) is 10.2. The molecule has 1 amide bonds. The molecule has 2 atom stereocenters. The minimum absolute atomic E-state index is 0.0935. The van der Waals surface area contributed by atoms with Crippen LogP contribution < -0.4 is 0 Å². The number of likely N-dealkylation sites (tertiary alicyclic amines) is 1. The molecule has 2 aliphatic rings. The molecule has 1 aliphatic carbocycles. The van der Waals surface area contributed by atoms with Crippen LogP contribution in [0.2, 0.25) is 0 Å². The van der Waals surface area contributed by atoms with E-state index in [0.29, 0.717) is 12.8 Å². The molecule has 0 aromatic rings. The van der Waals surface area contributed by atoms with Crippen molar-refractivity contribution < 1.29 is 14.3 Å². The van der Waals surface area contributed by atoms with Crippen LogP contribution in [0.15, 0.2) is 0 Å². The van der Waals surface area contributed by atoms with Gasteiger partial charge in [-0.1, -0.05) is 6.92 Å². The average Bonchev–Trinajstić information content (AvgIpc) is 2.90. The largest absolute Gasteiger partial charge is 0.467 e. The van der Waals surface area contributed by atoms with Gasteiger partial charge in [0.05, 0.1) is 7.11 Å². The third-order valence-electron chi connectivity index (χ3n) is 4.19. The molecule has 0 radical (unpaired) electrons. The lowest BCUT2D eigenvalue weighted by molar-refractivity contribution is -0.151. The van der Waals surface area contributed by atoms with Gasteiger partial charge in [-0.2, -0.15) is 0 Å². The molecule has 1 aliphatic heterocycles. The third-order valence-corrected chi connectivity index (χ3v) is 4.19. The number of ether oxygens (including phenoxy) is 1. The highest BCUT2D eigenvalue weighted by atomic mass is 16.5. The zero-order chi connectivity index (χ0) is 11.9. The summed E-state index contributed by atoms with van der Waals surface area (Å²) in [6, 6.07) is -0.212. The van der Waals surface area contributed by atoms with Crippen molar-refractivity contribution in [3.63, 3.8) is 0 Å². The summed E-state index contributed by atoms with van der Waals surface area (Å²) in [6.07, 6.45) is 3.36. The van der Waals surface area contributed by atoms with Crippen molar-refractivity contribution >= 4 is 11.9 Å². The number of carbonyl (C=O) groups is 2. The highest BCUT2D eigenvalue weighted by Gasteiger charge is 2.50. The summed E-state index contributed by atoms with van der Waals surface area (Å²) in [5, 5.41) is 0. The molecule has 0 N–H and O–H groups in total. The van der Waals surface area contributed by atoms with Crippen LogP contribution in [0.5, 0.6) is 0 Å². The summed E-state index contributed by atoms with van der Waals surface area (Å²) in [5.41, 5.74) is 0.215. The monoisotopic (exact) mass is 225 g/mol. The molecular formula is C12H19NO3. The van der Waals surface area contributed by atoms with Crippen molar-refractivity contribution in [2.75, 3.05) is 7.11 Å². The molecule has 0 bridgehead atoms. The lowest BCUT2D eigenvalue weighted by Crippen LogP contribution is -2.48. The van der Waals surface area contributed by atoms with Gasteiger partial charge >= 0.3 is 5.97 Å². The molecular weight excluding hydrogens is 206 g/mol. The van der Waals surface area contributed by atoms with Crippen LogP contribution in [0, 0.1) is 5.41 Å². The predicted molar refractivity (Wildman–Crippen MR) is 58.7 cm³/mol. The first-order chi connectivity index (χ1) is 7.49. The fraction of sp³-hybridized carbons (Fsp3) is 0.833. The normalized spacial score (nSPS) is 29.1. The lowest BCUT2D eigenvalue weighted by atomic mass is 9.98. The van der Waals surface area contributed by atoms with Crippen LogP contribution in [0.25, 0.3) is 0 Å². The van der Waals surface area contributed by atoms with E-state index in [2.05, 4.69) is 6.92 Å². The predicted octanol–water partition coefficient (Wildman–Crippen LogP) is 1.34. The van der Waals surface area contributed by atoms with E-state index in [1.165, 1.54) is 7.11 Å². The lowest BCUT2D eigenvalue weighted by Gasteiger charge is -2.33. The summed E-state index contributed by atoms with van der Waals surface area (Å²) >= 11 is 0. The second-order valence-electron chi connectivity index (χ2n) is 5.21. The summed E-state index contributed by atoms with van der Waals surface area (Å²) in [7, 11) is 1.38. The van der Waals surface area contributed by atoms with Gasteiger partial charge in [-0.3, -0.25) is 4.79 Å². The molecule has 0 aromatic heterocycles. The number of rotatable bonds is 3. The van der Waals surface area contributed by atoms with Gasteiger partial charge in [-0.05, 0) is 31.6 Å². The summed E-state index contributed by atoms with van der Waals surface area (Å²) < 4.78 is 4.76. The van der Waals surface area contributed by atoms with Crippen LogP contribution >= 0.6 is 0 Å². The van der Waals surface area contributed by atoms with E-state index in [0.717, 1.165) is 12.8 Å². The molecule has 4 nitrogen and oxygen atoms in total. The molecule has 1 heterocycles. The molecule has 1 saturated carbocycles. The number of nitrogens with zero attached hydrogens (tertiary/aromatic N) is 1. The Balaban J connectivity index is 2.15. The molecule has 90 valence electrons. The van der Waals surface area contributed by atoms with E-state index >= 15 is 0 Å². The summed E-state index contributed by atoms with van der Waals surface area (Å²) in [6.45, 7) is 4.23. The topological polar surface area (TPSA) is 46.6 Å². The molecule has 1 saturated heterocycles. The van der Waals surface area contributed by atoms with Crippen LogP contribution in [0.4, 0.5) is 0 Å². The summed E-state index contributed by atoms with van der Waals surface area (Å²) in [5.74, 6) is -0.182. The maximum atomic E-state index is 11.8. The Kier molecular flexibility index (Phi) is 2.68. The zero-order valence-corrected chi connectivity index (χ0v) is 10.2. The Labute approximate surface area is 95.9 Å². The molecule has 2 fully saturated rings. The van der Waals surface area contributed by atoms with Gasteiger partial charge in [-0.15, -0.1) is 0 Å². The molecule has 2 rings (SSSR count). The maximum Gasteiger partial charge on any atom is 0.328 e. The smallest absolute Gasteiger partial charge is 0.328 e. The number of carbonyl (C=O) groups excluding carboxylic acids is 2. The van der Waals surface area contributed by atoms with Crippen LogP contribution in [-0.4, -0.2) is 36.0 Å². The van der Waals surface area contributed by atoms with Gasteiger partial charge < -0.3 is 9.64 Å². The Morgan fingerprint density at radius 2 is 2.19 bits per heavy atom. The minimum Gasteiger partial charge on any atom is -0.467 e. The Hall–Kier alpha value is -1.06. The van der Waals surface area contributed by atoms with Gasteiger partial charge in [0.2, 0.25) is 5.91 Å². The Morgan fingerprint density at radius 3 is 2.69 bits per heavy atom. The number of hydrogen-bond donors (Lipinski definition) is 0. The Bertz CT molecular complexity index is 322. The van der Waals surface area contributed by atoms with Gasteiger partial charge in [-0.25, -0.2) is 4.79 Å². The van der Waals surface area contributed by atoms with Crippen LogP contribution in [-0.2, 0) is 14.3 Å². The SMILES string of the molecule is COC(=O)C1CCC(=O)N1C(C)C1(C)CC1. The fourth-order valence-electron chi connectivity index (χ4n) is 2.51.